The van der Waals surface area contributed by atoms with Gasteiger partial charge in [0.05, 0.1) is 11.8 Å². The first kappa shape index (κ1) is 22.4. The lowest BCUT2D eigenvalue weighted by Gasteiger charge is -2.34. The summed E-state index contributed by atoms with van der Waals surface area (Å²) in [5, 5.41) is 8.68. The van der Waals surface area contributed by atoms with Crippen molar-refractivity contribution in [2.75, 3.05) is 32.8 Å². The summed E-state index contributed by atoms with van der Waals surface area (Å²) in [6, 6.07) is 1.17. The molecule has 0 aromatic carbocycles. The van der Waals surface area contributed by atoms with Gasteiger partial charge in [0, 0.05) is 72.4 Å². The van der Waals surface area contributed by atoms with Crippen LogP contribution in [0, 0.1) is 3.70 Å². The normalized spacial score (nSPS) is 15.8. The van der Waals surface area contributed by atoms with Gasteiger partial charge < -0.3 is 9.64 Å². The standard InChI is InChI=1S/C19H31IN6O2Si/c1-23-12-16(11-21-23)19(27)25-7-5-24(6-8-25)13-17-14-26(22-18(17)20)15-28-9-10-29(2,3)4/h11-12,14H,5-10,13,15H2,1-4H3. The molecule has 8 nitrogen and oxygen atoms in total. The van der Waals surface area contributed by atoms with Crippen molar-refractivity contribution in [3.05, 3.63) is 33.4 Å². The van der Waals surface area contributed by atoms with Crippen molar-refractivity contribution in [2.24, 2.45) is 7.05 Å². The van der Waals surface area contributed by atoms with Crippen molar-refractivity contribution in [2.45, 2.75) is 39.0 Å². The van der Waals surface area contributed by atoms with E-state index in [1.807, 2.05) is 16.6 Å². The Hall–Kier alpha value is -1.24. The highest BCUT2D eigenvalue weighted by molar-refractivity contribution is 14.1. The highest BCUT2D eigenvalue weighted by atomic mass is 127. The summed E-state index contributed by atoms with van der Waals surface area (Å²) in [6.07, 6.45) is 5.50. The summed E-state index contributed by atoms with van der Waals surface area (Å²) >= 11 is 2.29. The minimum atomic E-state index is -1.06. The SMILES string of the molecule is Cn1cc(C(=O)N2CCN(Cc3cn(COCC[Si](C)(C)C)nc3I)CC2)cn1. The van der Waals surface area contributed by atoms with Crippen molar-refractivity contribution in [1.82, 2.24) is 29.4 Å². The molecule has 29 heavy (non-hydrogen) atoms. The van der Waals surface area contributed by atoms with Crippen LogP contribution in [0.5, 0.6) is 0 Å². The van der Waals surface area contributed by atoms with E-state index in [-0.39, 0.29) is 5.91 Å². The first-order valence-corrected chi connectivity index (χ1v) is 14.8. The van der Waals surface area contributed by atoms with Gasteiger partial charge in [0.1, 0.15) is 10.4 Å². The summed E-state index contributed by atoms with van der Waals surface area (Å²) in [4.78, 5) is 16.8. The highest BCUT2D eigenvalue weighted by Gasteiger charge is 2.24. The molecule has 0 saturated carbocycles. The summed E-state index contributed by atoms with van der Waals surface area (Å²) < 4.78 is 10.4. The predicted octanol–water partition coefficient (Wildman–Crippen LogP) is 2.49. The van der Waals surface area contributed by atoms with Crippen molar-refractivity contribution in [1.29, 1.82) is 0 Å². The van der Waals surface area contributed by atoms with Gasteiger partial charge in [-0.1, -0.05) is 19.6 Å². The van der Waals surface area contributed by atoms with E-state index in [1.54, 1.807) is 17.1 Å². The van der Waals surface area contributed by atoms with Gasteiger partial charge in [0.15, 0.2) is 0 Å². The molecule has 0 unspecified atom stereocenters. The molecule has 2 aromatic heterocycles. The first-order valence-electron chi connectivity index (χ1n) is 10.0. The van der Waals surface area contributed by atoms with Gasteiger partial charge in [0.25, 0.3) is 5.91 Å². The maximum absolute atomic E-state index is 12.6. The number of carbonyl (C=O) groups is 1. The van der Waals surface area contributed by atoms with Crippen LogP contribution in [-0.4, -0.2) is 76.1 Å². The zero-order valence-corrected chi connectivity index (χ0v) is 20.9. The summed E-state index contributed by atoms with van der Waals surface area (Å²) in [7, 11) is 0.767. The fourth-order valence-electron chi connectivity index (χ4n) is 3.21. The van der Waals surface area contributed by atoms with Crippen LogP contribution < -0.4 is 0 Å². The van der Waals surface area contributed by atoms with Crippen LogP contribution >= 0.6 is 22.6 Å². The smallest absolute Gasteiger partial charge is 0.257 e. The maximum atomic E-state index is 12.6. The Kier molecular flexibility index (Phi) is 7.51. The highest BCUT2D eigenvalue weighted by Crippen LogP contribution is 2.16. The number of carbonyl (C=O) groups excluding carboxylic acids is 1. The molecule has 1 fully saturated rings. The van der Waals surface area contributed by atoms with E-state index in [9.17, 15) is 4.79 Å². The van der Waals surface area contributed by atoms with Crippen LogP contribution in [0.4, 0.5) is 0 Å². The average Bonchev–Trinajstić information content (AvgIpc) is 3.24. The minimum Gasteiger partial charge on any atom is -0.360 e. The van der Waals surface area contributed by atoms with Crippen LogP contribution in [-0.2, 0) is 25.1 Å². The lowest BCUT2D eigenvalue weighted by Crippen LogP contribution is -2.48. The molecule has 3 heterocycles. The van der Waals surface area contributed by atoms with Crippen LogP contribution in [0.2, 0.25) is 25.7 Å². The molecule has 3 rings (SSSR count). The van der Waals surface area contributed by atoms with E-state index in [4.69, 9.17) is 4.74 Å². The quantitative estimate of drug-likeness (QED) is 0.298. The maximum Gasteiger partial charge on any atom is 0.257 e. The van der Waals surface area contributed by atoms with Gasteiger partial charge in [-0.2, -0.15) is 10.2 Å². The first-order chi connectivity index (χ1) is 13.7. The second-order valence-electron chi connectivity index (χ2n) is 8.80. The molecular weight excluding hydrogens is 499 g/mol. The predicted molar refractivity (Wildman–Crippen MR) is 123 cm³/mol. The number of ether oxygens (including phenoxy) is 1. The minimum absolute atomic E-state index is 0.0654. The van der Waals surface area contributed by atoms with E-state index in [0.29, 0.717) is 12.3 Å². The molecule has 0 bridgehead atoms. The monoisotopic (exact) mass is 530 g/mol. The second-order valence-corrected chi connectivity index (χ2v) is 15.4. The number of hydrogen-bond acceptors (Lipinski definition) is 5. The van der Waals surface area contributed by atoms with Gasteiger partial charge in [-0.15, -0.1) is 0 Å². The molecule has 10 heteroatoms. The molecular formula is C19H31IN6O2Si. The largest absolute Gasteiger partial charge is 0.360 e. The Bertz CT molecular complexity index is 823. The fraction of sp³-hybridized carbons (Fsp3) is 0.632. The number of hydrogen-bond donors (Lipinski definition) is 0. The Morgan fingerprint density at radius 1 is 1.21 bits per heavy atom. The van der Waals surface area contributed by atoms with E-state index in [1.165, 1.54) is 11.6 Å². The van der Waals surface area contributed by atoms with E-state index >= 15 is 0 Å². The Morgan fingerprint density at radius 3 is 2.55 bits per heavy atom. The Balaban J connectivity index is 1.45. The lowest BCUT2D eigenvalue weighted by atomic mass is 10.2. The third-order valence-electron chi connectivity index (χ3n) is 5.01. The van der Waals surface area contributed by atoms with Gasteiger partial charge in [-0.25, -0.2) is 4.68 Å². The summed E-state index contributed by atoms with van der Waals surface area (Å²) in [5.41, 5.74) is 1.87. The molecule has 2 aromatic rings. The average molecular weight is 530 g/mol. The van der Waals surface area contributed by atoms with Gasteiger partial charge in [-0.3, -0.25) is 14.4 Å². The van der Waals surface area contributed by atoms with Crippen molar-refractivity contribution in [3.63, 3.8) is 0 Å². The van der Waals surface area contributed by atoms with Crippen molar-refractivity contribution >= 4 is 36.6 Å². The molecule has 1 aliphatic heterocycles. The molecule has 1 amide bonds. The summed E-state index contributed by atoms with van der Waals surface area (Å²) in [6.45, 7) is 12.4. The summed E-state index contributed by atoms with van der Waals surface area (Å²) in [5.74, 6) is 0.0654. The third kappa shape index (κ3) is 6.62. The third-order valence-corrected chi connectivity index (χ3v) is 7.62. The Morgan fingerprint density at radius 2 is 1.93 bits per heavy atom. The Labute approximate surface area is 187 Å². The molecule has 0 N–H and O–H groups in total. The van der Waals surface area contributed by atoms with Crippen molar-refractivity contribution < 1.29 is 9.53 Å². The number of aromatic nitrogens is 4. The number of nitrogens with zero attached hydrogens (tertiary/aromatic N) is 6. The zero-order valence-electron chi connectivity index (χ0n) is 17.8. The molecule has 0 spiro atoms. The molecule has 0 atom stereocenters. The number of piperazine rings is 1. The fourth-order valence-corrected chi connectivity index (χ4v) is 4.56. The molecule has 0 aliphatic carbocycles. The lowest BCUT2D eigenvalue weighted by molar-refractivity contribution is 0.0627. The molecule has 160 valence electrons. The van der Waals surface area contributed by atoms with Crippen LogP contribution in [0.1, 0.15) is 15.9 Å². The van der Waals surface area contributed by atoms with Crippen molar-refractivity contribution in [3.8, 4) is 0 Å². The molecule has 1 aliphatic rings. The van der Waals surface area contributed by atoms with Gasteiger partial charge in [0.2, 0.25) is 0 Å². The zero-order chi connectivity index (χ0) is 21.0. The van der Waals surface area contributed by atoms with Crippen LogP contribution in [0.25, 0.3) is 0 Å². The van der Waals surface area contributed by atoms with E-state index in [2.05, 4.69) is 63.5 Å². The van der Waals surface area contributed by atoms with Gasteiger partial charge in [-0.05, 0) is 28.6 Å². The topological polar surface area (TPSA) is 68.4 Å². The second kappa shape index (κ2) is 9.71. The van der Waals surface area contributed by atoms with Crippen LogP contribution in [0.3, 0.4) is 0 Å². The number of aryl methyl sites for hydroxylation is 1. The number of halogens is 1. The number of amides is 1. The molecule has 0 radical (unpaired) electrons. The van der Waals surface area contributed by atoms with E-state index < -0.39 is 8.07 Å². The number of rotatable bonds is 8. The van der Waals surface area contributed by atoms with E-state index in [0.717, 1.165) is 43.0 Å². The van der Waals surface area contributed by atoms with Gasteiger partial charge >= 0.3 is 0 Å². The van der Waals surface area contributed by atoms with Crippen LogP contribution in [0.15, 0.2) is 18.6 Å². The molecule has 1 saturated heterocycles.